The lowest BCUT2D eigenvalue weighted by atomic mass is 10.1. The van der Waals surface area contributed by atoms with Crippen molar-refractivity contribution in [2.75, 3.05) is 25.5 Å². The van der Waals surface area contributed by atoms with E-state index in [4.69, 9.17) is 9.84 Å². The molecule has 1 aliphatic rings. The molecule has 0 bridgehead atoms. The summed E-state index contributed by atoms with van der Waals surface area (Å²) in [5, 5.41) is 14.7. The second kappa shape index (κ2) is 8.72. The summed E-state index contributed by atoms with van der Waals surface area (Å²) in [5.41, 5.74) is 4.03. The molecule has 1 saturated heterocycles. The molecule has 3 heterocycles. The van der Waals surface area contributed by atoms with Crippen molar-refractivity contribution in [2.45, 2.75) is 25.8 Å². The van der Waals surface area contributed by atoms with Crippen LogP contribution in [0.3, 0.4) is 0 Å². The fourth-order valence-electron chi connectivity index (χ4n) is 4.07. The smallest absolute Gasteiger partial charge is 0.275 e. The molecule has 0 saturated carbocycles. The summed E-state index contributed by atoms with van der Waals surface area (Å²) in [4.78, 5) is 17.5. The normalized spacial score (nSPS) is 14.6. The summed E-state index contributed by atoms with van der Waals surface area (Å²) in [5.74, 6) is 0.319. The van der Waals surface area contributed by atoms with Gasteiger partial charge in [-0.2, -0.15) is 5.10 Å². The van der Waals surface area contributed by atoms with Crippen molar-refractivity contribution in [3.63, 3.8) is 0 Å². The van der Waals surface area contributed by atoms with Crippen LogP contribution in [0, 0.1) is 6.92 Å². The molecule has 0 radical (unpaired) electrons. The standard InChI is InChI=1S/C24H25N5O2S/c1-15-4-3-5-16(10-15)24-27-21(14-32-24)23(30)26-20-11-17-13-29(18-6-8-25-9-7-18)28-19(17)12-22(20)31-2/h3-5,10-14,18,25H,6-9H2,1-2H3,(H,26,30). The third-order valence-corrected chi connectivity index (χ3v) is 6.67. The van der Waals surface area contributed by atoms with Gasteiger partial charge in [0.05, 0.1) is 24.4 Å². The van der Waals surface area contributed by atoms with E-state index in [1.807, 2.05) is 41.9 Å². The van der Waals surface area contributed by atoms with Crippen LogP contribution in [0.2, 0.25) is 0 Å². The first-order chi connectivity index (χ1) is 15.6. The van der Waals surface area contributed by atoms with E-state index >= 15 is 0 Å². The van der Waals surface area contributed by atoms with E-state index in [-0.39, 0.29) is 5.91 Å². The quantitative estimate of drug-likeness (QED) is 0.465. The average Bonchev–Trinajstić information content (AvgIpc) is 3.46. The van der Waals surface area contributed by atoms with Crippen LogP contribution >= 0.6 is 11.3 Å². The molecule has 1 aliphatic heterocycles. The highest BCUT2D eigenvalue weighted by molar-refractivity contribution is 7.13. The zero-order valence-corrected chi connectivity index (χ0v) is 18.9. The number of hydrogen-bond donors (Lipinski definition) is 2. The maximum atomic E-state index is 12.9. The van der Waals surface area contributed by atoms with Crippen molar-refractivity contribution in [3.8, 4) is 16.3 Å². The van der Waals surface area contributed by atoms with Crippen LogP contribution in [0.15, 0.2) is 48.0 Å². The first-order valence-corrected chi connectivity index (χ1v) is 11.6. The molecule has 8 heteroatoms. The molecular weight excluding hydrogens is 422 g/mol. The minimum Gasteiger partial charge on any atom is -0.494 e. The van der Waals surface area contributed by atoms with Crippen molar-refractivity contribution in [1.82, 2.24) is 20.1 Å². The Labute approximate surface area is 190 Å². The van der Waals surface area contributed by atoms with E-state index in [2.05, 4.69) is 27.9 Å². The lowest BCUT2D eigenvalue weighted by Crippen LogP contribution is -2.29. The minimum atomic E-state index is -0.261. The third-order valence-electron chi connectivity index (χ3n) is 5.78. The number of fused-ring (bicyclic) bond motifs is 1. The Morgan fingerprint density at radius 1 is 1.25 bits per heavy atom. The Balaban J connectivity index is 1.39. The predicted octanol–water partition coefficient (Wildman–Crippen LogP) is 4.65. The Morgan fingerprint density at radius 3 is 2.88 bits per heavy atom. The number of thiazole rings is 1. The topological polar surface area (TPSA) is 81.1 Å². The molecule has 4 aromatic rings. The lowest BCUT2D eigenvalue weighted by Gasteiger charge is -2.22. The number of rotatable bonds is 5. The number of nitrogens with zero attached hydrogens (tertiary/aromatic N) is 3. The lowest BCUT2D eigenvalue weighted by molar-refractivity contribution is 0.102. The number of aromatic nitrogens is 3. The molecule has 2 aromatic carbocycles. The molecule has 5 rings (SSSR count). The highest BCUT2D eigenvalue weighted by Crippen LogP contribution is 2.32. The van der Waals surface area contributed by atoms with Gasteiger partial charge < -0.3 is 15.4 Å². The van der Waals surface area contributed by atoms with Gasteiger partial charge in [-0.3, -0.25) is 9.48 Å². The Morgan fingerprint density at radius 2 is 2.09 bits per heavy atom. The van der Waals surface area contributed by atoms with E-state index in [0.717, 1.165) is 53.0 Å². The van der Waals surface area contributed by atoms with Crippen LogP contribution in [0.5, 0.6) is 5.75 Å². The maximum absolute atomic E-state index is 12.9. The molecule has 2 N–H and O–H groups in total. The molecule has 0 atom stereocenters. The second-order valence-corrected chi connectivity index (χ2v) is 8.92. The molecule has 2 aromatic heterocycles. The zero-order chi connectivity index (χ0) is 22.1. The van der Waals surface area contributed by atoms with Gasteiger partial charge in [-0.25, -0.2) is 4.98 Å². The number of methoxy groups -OCH3 is 1. The van der Waals surface area contributed by atoms with Gasteiger partial charge in [0.1, 0.15) is 16.5 Å². The van der Waals surface area contributed by atoms with Gasteiger partial charge in [-0.15, -0.1) is 11.3 Å². The van der Waals surface area contributed by atoms with Gasteiger partial charge in [-0.05, 0) is 45.0 Å². The van der Waals surface area contributed by atoms with Gasteiger partial charge in [0.2, 0.25) is 0 Å². The molecule has 32 heavy (non-hydrogen) atoms. The number of piperidine rings is 1. The van der Waals surface area contributed by atoms with E-state index in [0.29, 0.717) is 23.2 Å². The van der Waals surface area contributed by atoms with Gasteiger partial charge in [-0.1, -0.05) is 23.8 Å². The summed E-state index contributed by atoms with van der Waals surface area (Å²) < 4.78 is 7.59. The number of carbonyl (C=O) groups excluding carboxylic acids is 1. The summed E-state index contributed by atoms with van der Waals surface area (Å²) >= 11 is 1.46. The summed E-state index contributed by atoms with van der Waals surface area (Å²) in [6.45, 7) is 4.05. The van der Waals surface area contributed by atoms with Gasteiger partial charge in [0.15, 0.2) is 0 Å². The molecular formula is C24H25N5O2S. The largest absolute Gasteiger partial charge is 0.494 e. The molecule has 1 amide bonds. The Bertz CT molecular complexity index is 1270. The second-order valence-electron chi connectivity index (χ2n) is 8.06. The van der Waals surface area contributed by atoms with Crippen LogP contribution in [0.25, 0.3) is 21.5 Å². The van der Waals surface area contributed by atoms with Crippen LogP contribution in [0.4, 0.5) is 5.69 Å². The Hall–Kier alpha value is -3.23. The first-order valence-electron chi connectivity index (χ1n) is 10.7. The minimum absolute atomic E-state index is 0.261. The molecule has 164 valence electrons. The number of aryl methyl sites for hydroxylation is 1. The van der Waals surface area contributed by atoms with E-state index in [9.17, 15) is 4.79 Å². The highest BCUT2D eigenvalue weighted by atomic mass is 32.1. The van der Waals surface area contributed by atoms with Gasteiger partial charge in [0, 0.05) is 28.6 Å². The number of amides is 1. The van der Waals surface area contributed by atoms with Gasteiger partial charge in [0.25, 0.3) is 5.91 Å². The summed E-state index contributed by atoms with van der Waals surface area (Å²) in [6, 6.07) is 12.3. The van der Waals surface area contributed by atoms with E-state index in [1.165, 1.54) is 11.3 Å². The molecule has 7 nitrogen and oxygen atoms in total. The number of nitrogens with one attached hydrogen (secondary N) is 2. The van der Waals surface area contributed by atoms with Crippen molar-refractivity contribution < 1.29 is 9.53 Å². The number of ether oxygens (including phenoxy) is 1. The SMILES string of the molecule is COc1cc2nn(C3CCNCC3)cc2cc1NC(=O)c1csc(-c2cccc(C)c2)n1. The molecule has 0 unspecified atom stereocenters. The summed E-state index contributed by atoms with van der Waals surface area (Å²) in [7, 11) is 1.60. The van der Waals surface area contributed by atoms with Crippen molar-refractivity contribution >= 4 is 33.8 Å². The van der Waals surface area contributed by atoms with E-state index in [1.54, 1.807) is 12.5 Å². The van der Waals surface area contributed by atoms with Crippen molar-refractivity contribution in [1.29, 1.82) is 0 Å². The fraction of sp³-hybridized carbons (Fsp3) is 0.292. The molecule has 1 fully saturated rings. The number of carbonyl (C=O) groups is 1. The van der Waals surface area contributed by atoms with Crippen LogP contribution < -0.4 is 15.4 Å². The zero-order valence-electron chi connectivity index (χ0n) is 18.1. The number of anilines is 1. The van der Waals surface area contributed by atoms with Crippen LogP contribution in [0.1, 0.15) is 34.9 Å². The maximum Gasteiger partial charge on any atom is 0.275 e. The predicted molar refractivity (Wildman–Crippen MR) is 128 cm³/mol. The number of hydrogen-bond acceptors (Lipinski definition) is 6. The number of benzene rings is 2. The highest BCUT2D eigenvalue weighted by Gasteiger charge is 2.19. The average molecular weight is 448 g/mol. The van der Waals surface area contributed by atoms with E-state index < -0.39 is 0 Å². The summed E-state index contributed by atoms with van der Waals surface area (Å²) in [6.07, 6.45) is 4.17. The monoisotopic (exact) mass is 447 g/mol. The fourth-order valence-corrected chi connectivity index (χ4v) is 4.87. The molecule has 0 aliphatic carbocycles. The van der Waals surface area contributed by atoms with Gasteiger partial charge >= 0.3 is 0 Å². The van der Waals surface area contributed by atoms with Crippen LogP contribution in [-0.4, -0.2) is 40.9 Å². The van der Waals surface area contributed by atoms with Crippen molar-refractivity contribution in [3.05, 3.63) is 59.2 Å². The van der Waals surface area contributed by atoms with Crippen molar-refractivity contribution in [2.24, 2.45) is 0 Å². The van der Waals surface area contributed by atoms with Crippen LogP contribution in [-0.2, 0) is 0 Å². The molecule has 0 spiro atoms. The Kier molecular flexibility index (Phi) is 5.63. The third kappa shape index (κ3) is 4.11. The first kappa shape index (κ1) is 20.7.